The summed E-state index contributed by atoms with van der Waals surface area (Å²) >= 11 is 0. The van der Waals surface area contributed by atoms with Crippen molar-refractivity contribution in [3.63, 3.8) is 0 Å². The average Bonchev–Trinajstić information content (AvgIpc) is 2.59. The monoisotopic (exact) mass is 312 g/mol. The van der Waals surface area contributed by atoms with Crippen LogP contribution in [-0.4, -0.2) is 12.6 Å². The van der Waals surface area contributed by atoms with E-state index in [1.807, 2.05) is 68.4 Å². The molecule has 0 radical (unpaired) electrons. The third kappa shape index (κ3) is 5.42. The van der Waals surface area contributed by atoms with Crippen LogP contribution in [0.1, 0.15) is 36.6 Å². The number of hydrogen-bond acceptors (Lipinski definition) is 2. The molecule has 4 heteroatoms. The lowest BCUT2D eigenvalue weighted by atomic mass is 10.1. The van der Waals surface area contributed by atoms with Gasteiger partial charge in [-0.2, -0.15) is 0 Å². The van der Waals surface area contributed by atoms with Gasteiger partial charge in [0.1, 0.15) is 0 Å². The lowest BCUT2D eigenvalue weighted by molar-refractivity contribution is 0.133. The molecule has 0 saturated carbocycles. The number of nitrogens with one attached hydrogen (secondary N) is 2. The summed E-state index contributed by atoms with van der Waals surface area (Å²) in [5, 5.41) is 5.86. The Kier molecular flexibility index (Phi) is 6.63. The number of amides is 2. The van der Waals surface area contributed by atoms with Crippen LogP contribution in [0.25, 0.3) is 0 Å². The van der Waals surface area contributed by atoms with E-state index in [-0.39, 0.29) is 12.1 Å². The predicted octanol–water partition coefficient (Wildman–Crippen LogP) is 3.78. The van der Waals surface area contributed by atoms with E-state index in [9.17, 15) is 4.79 Å². The first-order valence-corrected chi connectivity index (χ1v) is 7.94. The van der Waals surface area contributed by atoms with Crippen molar-refractivity contribution in [3.05, 3.63) is 71.3 Å². The summed E-state index contributed by atoms with van der Waals surface area (Å²) < 4.78 is 5.46. The molecule has 2 aromatic rings. The van der Waals surface area contributed by atoms with Crippen LogP contribution in [0.15, 0.2) is 54.6 Å². The van der Waals surface area contributed by atoms with E-state index in [4.69, 9.17) is 4.74 Å². The van der Waals surface area contributed by atoms with Crippen LogP contribution in [0.3, 0.4) is 0 Å². The molecule has 0 saturated heterocycles. The molecule has 0 fully saturated rings. The number of benzene rings is 2. The summed E-state index contributed by atoms with van der Waals surface area (Å²) in [5.41, 5.74) is 3.26. The van der Waals surface area contributed by atoms with Crippen molar-refractivity contribution < 1.29 is 9.53 Å². The Morgan fingerprint density at radius 2 is 1.70 bits per heavy atom. The van der Waals surface area contributed by atoms with Crippen molar-refractivity contribution in [2.24, 2.45) is 0 Å². The second-order valence-electron chi connectivity index (χ2n) is 5.37. The number of hydrogen-bond donors (Lipinski definition) is 2. The van der Waals surface area contributed by atoms with Gasteiger partial charge in [-0.15, -0.1) is 0 Å². The normalized spacial score (nSPS) is 11.7. The maximum absolute atomic E-state index is 12.1. The van der Waals surface area contributed by atoms with E-state index in [0.29, 0.717) is 19.8 Å². The number of carbonyl (C=O) groups excluding carboxylic acids is 1. The van der Waals surface area contributed by atoms with Gasteiger partial charge in [-0.25, -0.2) is 4.79 Å². The molecule has 2 aromatic carbocycles. The van der Waals surface area contributed by atoms with Crippen LogP contribution in [0.4, 0.5) is 4.79 Å². The standard InChI is InChI=1S/C19H24N2O2/c1-3-23-14-18-12-8-7-11-17(18)13-20-19(22)21-15(2)16-9-5-4-6-10-16/h4-12,15H,3,13-14H2,1-2H3,(H2,20,21,22)/t15-/m1/s1. The molecule has 0 spiro atoms. The first-order chi connectivity index (χ1) is 11.2. The molecular weight excluding hydrogens is 288 g/mol. The minimum absolute atomic E-state index is 0.0325. The highest BCUT2D eigenvalue weighted by molar-refractivity contribution is 5.74. The van der Waals surface area contributed by atoms with Gasteiger partial charge >= 0.3 is 6.03 Å². The molecule has 2 N–H and O–H groups in total. The van der Waals surface area contributed by atoms with Crippen LogP contribution in [0, 0.1) is 0 Å². The van der Waals surface area contributed by atoms with E-state index in [1.54, 1.807) is 0 Å². The zero-order valence-electron chi connectivity index (χ0n) is 13.7. The Labute approximate surface area is 137 Å². The Morgan fingerprint density at radius 3 is 2.39 bits per heavy atom. The van der Waals surface area contributed by atoms with E-state index < -0.39 is 0 Å². The maximum atomic E-state index is 12.1. The molecule has 0 heterocycles. The number of rotatable bonds is 7. The number of ether oxygens (including phenoxy) is 1. The molecule has 0 aliphatic heterocycles. The van der Waals surface area contributed by atoms with Gasteiger partial charge in [0.15, 0.2) is 0 Å². The minimum Gasteiger partial charge on any atom is -0.377 e. The average molecular weight is 312 g/mol. The van der Waals surface area contributed by atoms with Crippen molar-refractivity contribution >= 4 is 6.03 Å². The fourth-order valence-electron chi connectivity index (χ4n) is 2.33. The molecular formula is C19H24N2O2. The Hall–Kier alpha value is -2.33. The second kappa shape index (κ2) is 8.96. The Morgan fingerprint density at radius 1 is 1.04 bits per heavy atom. The summed E-state index contributed by atoms with van der Waals surface area (Å²) in [7, 11) is 0. The van der Waals surface area contributed by atoms with Crippen molar-refractivity contribution in [2.75, 3.05) is 6.61 Å². The molecule has 0 unspecified atom stereocenters. The first kappa shape index (κ1) is 17.0. The maximum Gasteiger partial charge on any atom is 0.315 e. The molecule has 2 amide bonds. The fraction of sp³-hybridized carbons (Fsp3) is 0.316. The van der Waals surface area contributed by atoms with Crippen LogP contribution in [0.2, 0.25) is 0 Å². The van der Waals surface area contributed by atoms with Crippen LogP contribution >= 0.6 is 0 Å². The molecule has 23 heavy (non-hydrogen) atoms. The van der Waals surface area contributed by atoms with Crippen molar-refractivity contribution in [2.45, 2.75) is 33.0 Å². The van der Waals surface area contributed by atoms with Crippen molar-refractivity contribution in [1.82, 2.24) is 10.6 Å². The first-order valence-electron chi connectivity index (χ1n) is 7.94. The predicted molar refractivity (Wildman–Crippen MR) is 92.0 cm³/mol. The van der Waals surface area contributed by atoms with Gasteiger partial charge in [-0.05, 0) is 30.5 Å². The zero-order chi connectivity index (χ0) is 16.5. The van der Waals surface area contributed by atoms with Gasteiger partial charge in [-0.3, -0.25) is 0 Å². The topological polar surface area (TPSA) is 50.4 Å². The van der Waals surface area contributed by atoms with E-state index in [0.717, 1.165) is 16.7 Å². The lowest BCUT2D eigenvalue weighted by Crippen LogP contribution is -2.36. The minimum atomic E-state index is -0.174. The summed E-state index contributed by atoms with van der Waals surface area (Å²) in [6.07, 6.45) is 0. The number of urea groups is 1. The summed E-state index contributed by atoms with van der Waals surface area (Å²) in [5.74, 6) is 0. The fourth-order valence-corrected chi connectivity index (χ4v) is 2.33. The third-order valence-corrected chi connectivity index (χ3v) is 3.67. The van der Waals surface area contributed by atoms with Gasteiger partial charge in [-0.1, -0.05) is 54.6 Å². The third-order valence-electron chi connectivity index (χ3n) is 3.67. The molecule has 2 rings (SSSR count). The Bertz CT molecular complexity index is 614. The van der Waals surface area contributed by atoms with Gasteiger partial charge in [0, 0.05) is 13.2 Å². The quantitative estimate of drug-likeness (QED) is 0.817. The molecule has 0 aliphatic rings. The molecule has 122 valence electrons. The lowest BCUT2D eigenvalue weighted by Gasteiger charge is -2.16. The van der Waals surface area contributed by atoms with Crippen molar-refractivity contribution in [3.8, 4) is 0 Å². The smallest absolute Gasteiger partial charge is 0.315 e. The van der Waals surface area contributed by atoms with Crippen molar-refractivity contribution in [1.29, 1.82) is 0 Å². The summed E-state index contributed by atoms with van der Waals surface area (Å²) in [6.45, 7) is 5.67. The van der Waals surface area contributed by atoms with E-state index >= 15 is 0 Å². The van der Waals surface area contributed by atoms with Crippen LogP contribution < -0.4 is 10.6 Å². The molecule has 0 aromatic heterocycles. The highest BCUT2D eigenvalue weighted by atomic mass is 16.5. The molecule has 0 bridgehead atoms. The highest BCUT2D eigenvalue weighted by Crippen LogP contribution is 2.12. The highest BCUT2D eigenvalue weighted by Gasteiger charge is 2.09. The summed E-state index contributed by atoms with van der Waals surface area (Å²) in [4.78, 5) is 12.1. The Balaban J connectivity index is 1.87. The van der Waals surface area contributed by atoms with Gasteiger partial charge < -0.3 is 15.4 Å². The largest absolute Gasteiger partial charge is 0.377 e. The van der Waals surface area contributed by atoms with Gasteiger partial charge in [0.05, 0.1) is 12.6 Å². The summed E-state index contributed by atoms with van der Waals surface area (Å²) in [6, 6.07) is 17.7. The van der Waals surface area contributed by atoms with Gasteiger partial charge in [0.25, 0.3) is 0 Å². The van der Waals surface area contributed by atoms with E-state index in [1.165, 1.54) is 0 Å². The molecule has 0 aliphatic carbocycles. The SMILES string of the molecule is CCOCc1ccccc1CNC(=O)N[C@H](C)c1ccccc1. The van der Waals surface area contributed by atoms with Gasteiger partial charge in [0.2, 0.25) is 0 Å². The number of carbonyl (C=O) groups is 1. The second-order valence-corrected chi connectivity index (χ2v) is 5.37. The molecule has 1 atom stereocenters. The van der Waals surface area contributed by atoms with Crippen LogP contribution in [-0.2, 0) is 17.9 Å². The van der Waals surface area contributed by atoms with E-state index in [2.05, 4.69) is 10.6 Å². The molecule has 4 nitrogen and oxygen atoms in total. The zero-order valence-corrected chi connectivity index (χ0v) is 13.7. The van der Waals surface area contributed by atoms with Crippen LogP contribution in [0.5, 0.6) is 0 Å².